The second-order valence-electron chi connectivity index (χ2n) is 3.70. The van der Waals surface area contributed by atoms with Crippen LogP contribution in [0, 0.1) is 0 Å². The van der Waals surface area contributed by atoms with E-state index in [9.17, 15) is 0 Å². The summed E-state index contributed by atoms with van der Waals surface area (Å²) in [6.45, 7) is 1.41. The molecule has 4 nitrogen and oxygen atoms in total. The first-order valence-corrected chi connectivity index (χ1v) is 5.31. The largest absolute Gasteiger partial charge is 0.475 e. The van der Waals surface area contributed by atoms with Crippen LogP contribution in [0.2, 0.25) is 0 Å². The Labute approximate surface area is 89.4 Å². The molecule has 1 fully saturated rings. The van der Waals surface area contributed by atoms with Crippen LogP contribution in [0.5, 0.6) is 5.88 Å². The maximum Gasteiger partial charge on any atom is 0.215 e. The van der Waals surface area contributed by atoms with Crippen molar-refractivity contribution in [1.82, 2.24) is 4.98 Å². The van der Waals surface area contributed by atoms with E-state index in [0.29, 0.717) is 18.3 Å². The van der Waals surface area contributed by atoms with Crippen molar-refractivity contribution in [3.05, 3.63) is 18.2 Å². The van der Waals surface area contributed by atoms with E-state index >= 15 is 0 Å². The lowest BCUT2D eigenvalue weighted by Crippen LogP contribution is -2.26. The summed E-state index contributed by atoms with van der Waals surface area (Å²) in [6, 6.07) is 5.38. The van der Waals surface area contributed by atoms with Crippen molar-refractivity contribution < 1.29 is 9.47 Å². The minimum absolute atomic E-state index is 0.210. The summed E-state index contributed by atoms with van der Waals surface area (Å²) in [5.41, 5.74) is 5.54. The van der Waals surface area contributed by atoms with Gasteiger partial charge in [0.25, 0.3) is 0 Å². The van der Waals surface area contributed by atoms with E-state index in [2.05, 4.69) is 4.98 Å². The molecule has 1 aromatic heterocycles. The van der Waals surface area contributed by atoms with Gasteiger partial charge in [-0.3, -0.25) is 0 Å². The highest BCUT2D eigenvalue weighted by molar-refractivity contribution is 5.31. The fourth-order valence-electron chi connectivity index (χ4n) is 1.63. The van der Waals surface area contributed by atoms with Gasteiger partial charge >= 0.3 is 0 Å². The highest BCUT2D eigenvalue weighted by Crippen LogP contribution is 2.15. The summed E-state index contributed by atoms with van der Waals surface area (Å²) >= 11 is 0. The third-order valence-electron chi connectivity index (χ3n) is 2.44. The van der Waals surface area contributed by atoms with Crippen molar-refractivity contribution in [3.63, 3.8) is 0 Å². The quantitative estimate of drug-likeness (QED) is 0.819. The SMILES string of the molecule is Nc1cccc(OCC2CCCCO2)n1. The minimum atomic E-state index is 0.210. The van der Waals surface area contributed by atoms with Gasteiger partial charge in [0, 0.05) is 12.7 Å². The second-order valence-corrected chi connectivity index (χ2v) is 3.70. The van der Waals surface area contributed by atoms with Crippen molar-refractivity contribution in [2.24, 2.45) is 0 Å². The third-order valence-corrected chi connectivity index (χ3v) is 2.44. The molecule has 1 aliphatic heterocycles. The molecule has 0 bridgehead atoms. The van der Waals surface area contributed by atoms with E-state index in [4.69, 9.17) is 15.2 Å². The lowest BCUT2D eigenvalue weighted by atomic mass is 10.1. The van der Waals surface area contributed by atoms with Gasteiger partial charge in [-0.15, -0.1) is 0 Å². The number of aromatic nitrogens is 1. The molecule has 1 aliphatic rings. The Kier molecular flexibility index (Phi) is 3.40. The van der Waals surface area contributed by atoms with Crippen LogP contribution in [0.3, 0.4) is 0 Å². The van der Waals surface area contributed by atoms with Gasteiger partial charge in [-0.05, 0) is 25.3 Å². The molecule has 15 heavy (non-hydrogen) atoms. The first-order chi connectivity index (χ1) is 7.34. The van der Waals surface area contributed by atoms with Crippen molar-refractivity contribution in [3.8, 4) is 5.88 Å². The van der Waals surface area contributed by atoms with Crippen LogP contribution in [-0.2, 0) is 4.74 Å². The Balaban J connectivity index is 1.81. The molecule has 0 radical (unpaired) electrons. The summed E-state index contributed by atoms with van der Waals surface area (Å²) in [5, 5.41) is 0. The molecule has 1 aromatic rings. The fraction of sp³-hybridized carbons (Fsp3) is 0.545. The predicted octanol–water partition coefficient (Wildman–Crippen LogP) is 1.61. The molecule has 2 rings (SSSR count). The summed E-state index contributed by atoms with van der Waals surface area (Å²) in [5.74, 6) is 1.06. The smallest absolute Gasteiger partial charge is 0.215 e. The number of ether oxygens (including phenoxy) is 2. The van der Waals surface area contributed by atoms with Gasteiger partial charge in [0.1, 0.15) is 12.4 Å². The Morgan fingerprint density at radius 2 is 2.40 bits per heavy atom. The molecule has 0 saturated carbocycles. The van der Waals surface area contributed by atoms with E-state index in [1.54, 1.807) is 12.1 Å². The summed E-state index contributed by atoms with van der Waals surface area (Å²) in [6.07, 6.45) is 3.66. The Morgan fingerprint density at radius 1 is 1.47 bits per heavy atom. The zero-order chi connectivity index (χ0) is 10.5. The molecule has 2 N–H and O–H groups in total. The van der Waals surface area contributed by atoms with Crippen LogP contribution in [0.1, 0.15) is 19.3 Å². The van der Waals surface area contributed by atoms with Crippen molar-refractivity contribution in [2.75, 3.05) is 18.9 Å². The standard InChI is InChI=1S/C11H16N2O2/c12-10-5-3-6-11(13-10)15-8-9-4-1-2-7-14-9/h3,5-6,9H,1-2,4,7-8H2,(H2,12,13). The van der Waals surface area contributed by atoms with Gasteiger partial charge in [0.05, 0.1) is 6.10 Å². The van der Waals surface area contributed by atoms with Gasteiger partial charge in [0.15, 0.2) is 0 Å². The normalized spacial score (nSPS) is 21.2. The van der Waals surface area contributed by atoms with E-state index < -0.39 is 0 Å². The van der Waals surface area contributed by atoms with E-state index in [1.807, 2.05) is 6.07 Å². The highest BCUT2D eigenvalue weighted by atomic mass is 16.5. The van der Waals surface area contributed by atoms with E-state index in [0.717, 1.165) is 19.4 Å². The summed E-state index contributed by atoms with van der Waals surface area (Å²) in [7, 11) is 0. The molecular weight excluding hydrogens is 192 g/mol. The fourth-order valence-corrected chi connectivity index (χ4v) is 1.63. The van der Waals surface area contributed by atoms with Crippen LogP contribution >= 0.6 is 0 Å². The maximum atomic E-state index is 5.55. The first-order valence-electron chi connectivity index (χ1n) is 5.31. The molecule has 1 unspecified atom stereocenters. The molecule has 1 atom stereocenters. The minimum Gasteiger partial charge on any atom is -0.475 e. The van der Waals surface area contributed by atoms with Crippen LogP contribution < -0.4 is 10.5 Å². The number of nitrogens with two attached hydrogens (primary N) is 1. The predicted molar refractivity (Wildman–Crippen MR) is 57.7 cm³/mol. The average Bonchev–Trinajstić information content (AvgIpc) is 2.28. The molecule has 0 aromatic carbocycles. The van der Waals surface area contributed by atoms with Gasteiger partial charge in [-0.2, -0.15) is 4.98 Å². The molecule has 1 saturated heterocycles. The number of rotatable bonds is 3. The molecule has 0 spiro atoms. The Bertz CT molecular complexity index is 311. The van der Waals surface area contributed by atoms with Crippen molar-refractivity contribution in [1.29, 1.82) is 0 Å². The summed E-state index contributed by atoms with van der Waals surface area (Å²) < 4.78 is 11.1. The first kappa shape index (κ1) is 10.2. The van der Waals surface area contributed by atoms with Gasteiger partial charge < -0.3 is 15.2 Å². The van der Waals surface area contributed by atoms with Gasteiger partial charge in [0.2, 0.25) is 5.88 Å². The van der Waals surface area contributed by atoms with Crippen molar-refractivity contribution in [2.45, 2.75) is 25.4 Å². The zero-order valence-electron chi connectivity index (χ0n) is 8.69. The number of nitrogen functional groups attached to an aromatic ring is 1. The number of pyridine rings is 1. The molecule has 0 amide bonds. The Morgan fingerprint density at radius 3 is 3.13 bits per heavy atom. The van der Waals surface area contributed by atoms with E-state index in [1.165, 1.54) is 6.42 Å². The highest BCUT2D eigenvalue weighted by Gasteiger charge is 2.14. The summed E-state index contributed by atoms with van der Waals surface area (Å²) in [4.78, 5) is 4.06. The van der Waals surface area contributed by atoms with Gasteiger partial charge in [-0.25, -0.2) is 0 Å². The Hall–Kier alpha value is -1.29. The second kappa shape index (κ2) is 4.98. The number of hydrogen-bond acceptors (Lipinski definition) is 4. The molecule has 2 heterocycles. The molecular formula is C11H16N2O2. The zero-order valence-corrected chi connectivity index (χ0v) is 8.69. The lowest BCUT2D eigenvalue weighted by Gasteiger charge is -2.22. The van der Waals surface area contributed by atoms with Crippen LogP contribution in [0.15, 0.2) is 18.2 Å². The monoisotopic (exact) mass is 208 g/mol. The number of nitrogens with zero attached hydrogens (tertiary/aromatic N) is 1. The molecule has 82 valence electrons. The number of hydrogen-bond donors (Lipinski definition) is 1. The van der Waals surface area contributed by atoms with Gasteiger partial charge in [-0.1, -0.05) is 6.07 Å². The van der Waals surface area contributed by atoms with Crippen LogP contribution in [0.25, 0.3) is 0 Å². The van der Waals surface area contributed by atoms with Crippen LogP contribution in [-0.4, -0.2) is 24.3 Å². The third kappa shape index (κ3) is 3.09. The maximum absolute atomic E-state index is 5.55. The molecule has 0 aliphatic carbocycles. The molecule has 4 heteroatoms. The average molecular weight is 208 g/mol. The topological polar surface area (TPSA) is 57.4 Å². The van der Waals surface area contributed by atoms with Crippen molar-refractivity contribution >= 4 is 5.82 Å². The van der Waals surface area contributed by atoms with Crippen LogP contribution in [0.4, 0.5) is 5.82 Å². The lowest BCUT2D eigenvalue weighted by molar-refractivity contribution is -0.0119. The number of anilines is 1. The van der Waals surface area contributed by atoms with E-state index in [-0.39, 0.29) is 6.10 Å².